The van der Waals surface area contributed by atoms with E-state index in [0.29, 0.717) is 5.75 Å². The highest BCUT2D eigenvalue weighted by Gasteiger charge is 2.11. The molecule has 9 heteroatoms. The van der Waals surface area contributed by atoms with Crippen LogP contribution in [0.1, 0.15) is 17.0 Å². The van der Waals surface area contributed by atoms with Crippen molar-refractivity contribution < 1.29 is 22.7 Å². The van der Waals surface area contributed by atoms with Crippen molar-refractivity contribution in [1.29, 1.82) is 0 Å². The number of esters is 1. The van der Waals surface area contributed by atoms with E-state index >= 15 is 0 Å². The summed E-state index contributed by atoms with van der Waals surface area (Å²) in [6.07, 6.45) is 3.04. The van der Waals surface area contributed by atoms with Crippen LogP contribution in [0.2, 0.25) is 0 Å². The molecule has 0 aliphatic rings. The lowest BCUT2D eigenvalue weighted by molar-refractivity contribution is -0.138. The number of para-hydroxylation sites is 1. The van der Waals surface area contributed by atoms with Gasteiger partial charge in [0.25, 0.3) is 0 Å². The van der Waals surface area contributed by atoms with Crippen LogP contribution in [0.5, 0.6) is 5.75 Å². The van der Waals surface area contributed by atoms with E-state index in [-0.39, 0.29) is 18.1 Å². The van der Waals surface area contributed by atoms with Gasteiger partial charge in [0.1, 0.15) is 19.0 Å². The summed E-state index contributed by atoms with van der Waals surface area (Å²) in [5.41, 5.74) is 3.52. The summed E-state index contributed by atoms with van der Waals surface area (Å²) in [6.45, 7) is 3.99. The van der Waals surface area contributed by atoms with Crippen molar-refractivity contribution >= 4 is 22.1 Å². The molecule has 3 rings (SSSR count). The fraction of sp³-hybridized carbons (Fsp3) is 0.182. The second-order valence-corrected chi connectivity index (χ2v) is 8.26. The number of nitrogens with two attached hydrogens (primary N) is 1. The maximum atomic E-state index is 12.0. The lowest BCUT2D eigenvalue weighted by atomic mass is 10.2. The molecule has 0 bridgehead atoms. The van der Waals surface area contributed by atoms with Crippen LogP contribution in [0.25, 0.3) is 11.8 Å². The Hall–Kier alpha value is -3.43. The van der Waals surface area contributed by atoms with Crippen LogP contribution in [-0.4, -0.2) is 37.4 Å². The van der Waals surface area contributed by atoms with Gasteiger partial charge in [0.2, 0.25) is 10.0 Å². The summed E-state index contributed by atoms with van der Waals surface area (Å²) in [7, 11) is -3.74. The SMILES string of the molecule is Cc1nn(-c2ccccc2)c(C)c1/C=C/C(=O)OCCOc1ccc(S(N)(=O)=O)cc1. The van der Waals surface area contributed by atoms with E-state index in [2.05, 4.69) is 5.10 Å². The van der Waals surface area contributed by atoms with E-state index in [1.807, 2.05) is 48.9 Å². The largest absolute Gasteiger partial charge is 0.490 e. The van der Waals surface area contributed by atoms with Gasteiger partial charge in [0.05, 0.1) is 16.3 Å². The summed E-state index contributed by atoms with van der Waals surface area (Å²) in [4.78, 5) is 12.0. The van der Waals surface area contributed by atoms with Gasteiger partial charge in [-0.15, -0.1) is 0 Å². The number of primary sulfonamides is 1. The molecule has 0 aliphatic heterocycles. The van der Waals surface area contributed by atoms with Gasteiger partial charge in [-0.25, -0.2) is 23.0 Å². The predicted octanol–water partition coefficient (Wildman–Crippen LogP) is 2.77. The van der Waals surface area contributed by atoms with Crippen molar-refractivity contribution in [1.82, 2.24) is 9.78 Å². The molecule has 0 amide bonds. The number of ether oxygens (including phenoxy) is 2. The Morgan fingerprint density at radius 1 is 1.06 bits per heavy atom. The van der Waals surface area contributed by atoms with Gasteiger partial charge in [0, 0.05) is 17.3 Å². The maximum absolute atomic E-state index is 12.0. The van der Waals surface area contributed by atoms with Crippen LogP contribution in [0.3, 0.4) is 0 Å². The molecule has 0 radical (unpaired) electrons. The van der Waals surface area contributed by atoms with Crippen molar-refractivity contribution in [3.63, 3.8) is 0 Å². The number of nitrogens with zero attached hydrogens (tertiary/aromatic N) is 2. The summed E-state index contributed by atoms with van der Waals surface area (Å²) in [5, 5.41) is 9.58. The Morgan fingerprint density at radius 2 is 1.74 bits per heavy atom. The smallest absolute Gasteiger partial charge is 0.330 e. The zero-order chi connectivity index (χ0) is 22.4. The molecule has 0 saturated heterocycles. The molecule has 0 unspecified atom stereocenters. The molecule has 0 fully saturated rings. The van der Waals surface area contributed by atoms with Crippen LogP contribution < -0.4 is 9.88 Å². The lowest BCUT2D eigenvalue weighted by Gasteiger charge is -2.07. The maximum Gasteiger partial charge on any atom is 0.330 e. The van der Waals surface area contributed by atoms with Gasteiger partial charge in [0.15, 0.2) is 0 Å². The molecule has 0 aliphatic carbocycles. The molecular weight excluding hydrogens is 418 g/mol. The molecule has 3 aromatic rings. The Labute approximate surface area is 181 Å². The molecule has 0 atom stereocenters. The lowest BCUT2D eigenvalue weighted by Crippen LogP contribution is -2.12. The number of carbonyl (C=O) groups excluding carboxylic acids is 1. The first-order valence-corrected chi connectivity index (χ1v) is 11.0. The molecular formula is C22H23N3O5S. The zero-order valence-electron chi connectivity index (χ0n) is 17.2. The van der Waals surface area contributed by atoms with E-state index in [4.69, 9.17) is 14.6 Å². The first-order valence-electron chi connectivity index (χ1n) is 9.48. The molecule has 162 valence electrons. The second kappa shape index (κ2) is 9.59. The van der Waals surface area contributed by atoms with Gasteiger partial charge in [-0.3, -0.25) is 0 Å². The number of rotatable bonds is 8. The number of aryl methyl sites for hydroxylation is 1. The van der Waals surface area contributed by atoms with E-state index in [0.717, 1.165) is 22.6 Å². The van der Waals surface area contributed by atoms with Gasteiger partial charge >= 0.3 is 5.97 Å². The zero-order valence-corrected chi connectivity index (χ0v) is 18.0. The third kappa shape index (κ3) is 5.80. The highest BCUT2D eigenvalue weighted by molar-refractivity contribution is 7.89. The summed E-state index contributed by atoms with van der Waals surface area (Å²) < 4.78 is 34.9. The van der Waals surface area contributed by atoms with E-state index in [1.165, 1.54) is 30.3 Å². The molecule has 0 saturated carbocycles. The number of aromatic nitrogens is 2. The Bertz CT molecular complexity index is 1180. The van der Waals surface area contributed by atoms with Crippen LogP contribution >= 0.6 is 0 Å². The Morgan fingerprint density at radius 3 is 2.39 bits per heavy atom. The molecule has 1 aromatic heterocycles. The quantitative estimate of drug-likeness (QED) is 0.327. The molecule has 8 nitrogen and oxygen atoms in total. The van der Waals surface area contributed by atoms with E-state index < -0.39 is 16.0 Å². The van der Waals surface area contributed by atoms with Crippen molar-refractivity contribution in [3.05, 3.63) is 77.6 Å². The third-order valence-corrected chi connectivity index (χ3v) is 5.41. The average Bonchev–Trinajstić information content (AvgIpc) is 3.03. The monoisotopic (exact) mass is 441 g/mol. The predicted molar refractivity (Wildman–Crippen MR) is 116 cm³/mol. The van der Waals surface area contributed by atoms with Gasteiger partial charge in [-0.1, -0.05) is 18.2 Å². The van der Waals surface area contributed by atoms with E-state index in [1.54, 1.807) is 6.08 Å². The number of carbonyl (C=O) groups is 1. The number of sulfonamides is 1. The van der Waals surface area contributed by atoms with Gasteiger partial charge < -0.3 is 9.47 Å². The van der Waals surface area contributed by atoms with Crippen molar-refractivity contribution in [2.45, 2.75) is 18.7 Å². The van der Waals surface area contributed by atoms with Crippen LogP contribution in [0, 0.1) is 13.8 Å². The normalized spacial score (nSPS) is 11.6. The van der Waals surface area contributed by atoms with Crippen LogP contribution in [0.15, 0.2) is 65.6 Å². The minimum atomic E-state index is -3.74. The van der Waals surface area contributed by atoms with Gasteiger partial charge in [-0.2, -0.15) is 5.10 Å². The van der Waals surface area contributed by atoms with Crippen molar-refractivity contribution in [2.24, 2.45) is 5.14 Å². The third-order valence-electron chi connectivity index (χ3n) is 4.48. The molecule has 0 spiro atoms. The molecule has 31 heavy (non-hydrogen) atoms. The summed E-state index contributed by atoms with van der Waals surface area (Å²) in [6, 6.07) is 15.4. The highest BCUT2D eigenvalue weighted by atomic mass is 32.2. The summed E-state index contributed by atoms with van der Waals surface area (Å²) in [5.74, 6) is -0.0574. The van der Waals surface area contributed by atoms with Crippen molar-refractivity contribution in [2.75, 3.05) is 13.2 Å². The molecule has 2 N–H and O–H groups in total. The Kier molecular flexibility index (Phi) is 6.88. The number of benzene rings is 2. The first kappa shape index (κ1) is 22.3. The van der Waals surface area contributed by atoms with Crippen LogP contribution in [0.4, 0.5) is 0 Å². The minimum absolute atomic E-state index is 0.00223. The highest BCUT2D eigenvalue weighted by Crippen LogP contribution is 2.19. The summed E-state index contributed by atoms with van der Waals surface area (Å²) >= 11 is 0. The molecule has 1 heterocycles. The topological polar surface area (TPSA) is 114 Å². The van der Waals surface area contributed by atoms with Gasteiger partial charge in [-0.05, 0) is 56.3 Å². The fourth-order valence-corrected chi connectivity index (χ4v) is 3.46. The average molecular weight is 442 g/mol. The van der Waals surface area contributed by atoms with Crippen molar-refractivity contribution in [3.8, 4) is 11.4 Å². The Balaban J connectivity index is 1.52. The fourth-order valence-electron chi connectivity index (χ4n) is 2.94. The minimum Gasteiger partial charge on any atom is -0.490 e. The number of hydrogen-bond donors (Lipinski definition) is 1. The second-order valence-electron chi connectivity index (χ2n) is 6.70. The standard InChI is InChI=1S/C22H23N3O5S/c1-16-21(17(2)25(24-16)18-6-4-3-5-7-18)12-13-22(26)30-15-14-29-19-8-10-20(11-9-19)31(23,27)28/h3-13H,14-15H2,1-2H3,(H2,23,27,28)/b13-12+. The van der Waals surface area contributed by atoms with Crippen LogP contribution in [-0.2, 0) is 19.6 Å². The number of hydrogen-bond acceptors (Lipinski definition) is 6. The first-order chi connectivity index (χ1) is 14.8. The van der Waals surface area contributed by atoms with E-state index in [9.17, 15) is 13.2 Å². The molecule has 2 aromatic carbocycles.